The number of aliphatic hydroxyl groups excluding tert-OH is 3. The molecule has 3 rings (SSSR count). The van der Waals surface area contributed by atoms with E-state index in [0.29, 0.717) is 30.6 Å². The Kier molecular flexibility index (Phi) is 7.26. The van der Waals surface area contributed by atoms with E-state index in [1.165, 1.54) is 0 Å². The van der Waals surface area contributed by atoms with Gasteiger partial charge in [-0.15, -0.1) is 0 Å². The summed E-state index contributed by atoms with van der Waals surface area (Å²) in [6, 6.07) is 0. The Morgan fingerprint density at radius 3 is 2.40 bits per heavy atom. The molecule has 30 heavy (non-hydrogen) atoms. The molecule has 0 aromatic rings. The summed E-state index contributed by atoms with van der Waals surface area (Å²) in [7, 11) is 0. The largest absolute Gasteiger partial charge is 0.481 e. The first-order valence-corrected chi connectivity index (χ1v) is 12.2. The lowest BCUT2D eigenvalue weighted by Gasteiger charge is -2.54. The van der Waals surface area contributed by atoms with Gasteiger partial charge in [0.25, 0.3) is 0 Å². The van der Waals surface area contributed by atoms with Crippen LogP contribution < -0.4 is 0 Å². The van der Waals surface area contributed by atoms with E-state index in [2.05, 4.69) is 27.7 Å². The maximum atomic E-state index is 11.6. The number of carboxylic acids is 1. The van der Waals surface area contributed by atoms with Crippen molar-refractivity contribution in [2.75, 3.05) is 0 Å². The second kappa shape index (κ2) is 9.07. The van der Waals surface area contributed by atoms with E-state index in [1.54, 1.807) is 0 Å². The van der Waals surface area contributed by atoms with E-state index in [1.807, 2.05) is 0 Å². The number of aliphatic carboxylic acids is 1. The predicted octanol–water partition coefficient (Wildman–Crippen LogP) is 4.23. The molecule has 0 unspecified atom stereocenters. The maximum absolute atomic E-state index is 11.6. The first kappa shape index (κ1) is 24.0. The van der Waals surface area contributed by atoms with Gasteiger partial charge in [-0.1, -0.05) is 27.7 Å². The van der Waals surface area contributed by atoms with Crippen LogP contribution >= 0.6 is 0 Å². The highest BCUT2D eigenvalue weighted by molar-refractivity contribution is 5.66. The molecule has 174 valence electrons. The van der Waals surface area contributed by atoms with E-state index in [0.717, 1.165) is 44.9 Å². The number of fused-ring (bicyclic) bond motifs is 1. The van der Waals surface area contributed by atoms with Crippen molar-refractivity contribution in [3.8, 4) is 0 Å². The van der Waals surface area contributed by atoms with Crippen molar-refractivity contribution in [3.05, 3.63) is 0 Å². The Bertz CT molecular complexity index is 606. The molecule has 10 atom stereocenters. The van der Waals surface area contributed by atoms with Gasteiger partial charge >= 0.3 is 5.97 Å². The average Bonchev–Trinajstić information content (AvgIpc) is 2.97. The molecular formula is C25H44O5. The van der Waals surface area contributed by atoms with Crippen LogP contribution in [0, 0.1) is 40.4 Å². The first-order chi connectivity index (χ1) is 14.0. The topological polar surface area (TPSA) is 98.0 Å². The van der Waals surface area contributed by atoms with E-state index >= 15 is 0 Å². The molecular weight excluding hydrogens is 380 g/mol. The zero-order valence-corrected chi connectivity index (χ0v) is 19.4. The van der Waals surface area contributed by atoms with Crippen LogP contribution in [-0.2, 0) is 4.79 Å². The fourth-order valence-corrected chi connectivity index (χ4v) is 7.65. The van der Waals surface area contributed by atoms with Crippen molar-refractivity contribution in [1.82, 2.24) is 0 Å². The van der Waals surface area contributed by atoms with Crippen LogP contribution in [0.1, 0.15) is 91.9 Å². The fourth-order valence-electron chi connectivity index (χ4n) is 7.65. The summed E-state index contributed by atoms with van der Waals surface area (Å²) in [5, 5.41) is 41.5. The first-order valence-electron chi connectivity index (χ1n) is 12.2. The minimum Gasteiger partial charge on any atom is -0.481 e. The lowest BCUT2D eigenvalue weighted by molar-refractivity contribution is -0.137. The fraction of sp³-hybridized carbons (Fsp3) is 0.960. The van der Waals surface area contributed by atoms with Gasteiger partial charge in [-0.3, -0.25) is 4.79 Å². The molecule has 0 aromatic carbocycles. The molecule has 3 saturated carbocycles. The maximum Gasteiger partial charge on any atom is 0.303 e. The third-order valence-corrected chi connectivity index (χ3v) is 10.0. The number of hydrogen-bond donors (Lipinski definition) is 4. The Morgan fingerprint density at radius 2 is 1.73 bits per heavy atom. The molecule has 3 aliphatic rings. The number of hydrogen-bond acceptors (Lipinski definition) is 4. The standard InChI is InChI=1S/C25H44O5/c1-15(5-8-23(29)30)21-7-6-16(2)25(21,4)22(28)14-18-13-20(27)12-17-11-19(26)9-10-24(17,18)3/h15-22,26-28H,5-14H2,1-4H3,(H,29,30)/t15-,16-,17+,18-,19-,20+,21-,22+,24+,25+/m1/s1. The van der Waals surface area contributed by atoms with E-state index in [4.69, 9.17) is 5.11 Å². The van der Waals surface area contributed by atoms with Crippen molar-refractivity contribution < 1.29 is 25.2 Å². The summed E-state index contributed by atoms with van der Waals surface area (Å²) < 4.78 is 0. The number of aliphatic hydroxyl groups is 3. The van der Waals surface area contributed by atoms with Crippen LogP contribution in [-0.4, -0.2) is 44.7 Å². The van der Waals surface area contributed by atoms with Crippen LogP contribution in [0.25, 0.3) is 0 Å². The normalized spacial score (nSPS) is 46.2. The SMILES string of the molecule is C[C@H](CCC(=O)O)[C@H]1CC[C@@H](C)[C@]1(C)[C@@H](O)C[C@H]1C[C@@H](O)C[C@@H]2C[C@H](O)CC[C@@]21C. The molecule has 3 aliphatic carbocycles. The Hall–Kier alpha value is -0.650. The van der Waals surface area contributed by atoms with Crippen molar-refractivity contribution in [1.29, 1.82) is 0 Å². The summed E-state index contributed by atoms with van der Waals surface area (Å²) in [4.78, 5) is 11.1. The molecule has 5 nitrogen and oxygen atoms in total. The smallest absolute Gasteiger partial charge is 0.303 e. The van der Waals surface area contributed by atoms with Gasteiger partial charge in [-0.2, -0.15) is 0 Å². The quantitative estimate of drug-likeness (QED) is 0.490. The average molecular weight is 425 g/mol. The van der Waals surface area contributed by atoms with E-state index < -0.39 is 12.1 Å². The van der Waals surface area contributed by atoms with Gasteiger partial charge in [0, 0.05) is 6.42 Å². The van der Waals surface area contributed by atoms with Crippen LogP contribution in [0.4, 0.5) is 0 Å². The summed E-state index contributed by atoms with van der Waals surface area (Å²) in [6.07, 6.45) is 6.68. The summed E-state index contributed by atoms with van der Waals surface area (Å²) >= 11 is 0. The number of carboxylic acid groups (broad SMARTS) is 1. The van der Waals surface area contributed by atoms with Crippen molar-refractivity contribution in [3.63, 3.8) is 0 Å². The van der Waals surface area contributed by atoms with Crippen LogP contribution in [0.3, 0.4) is 0 Å². The summed E-state index contributed by atoms with van der Waals surface area (Å²) in [6.45, 7) is 8.94. The summed E-state index contributed by atoms with van der Waals surface area (Å²) in [5.41, 5.74) is -0.150. The zero-order valence-electron chi connectivity index (χ0n) is 19.4. The van der Waals surface area contributed by atoms with Gasteiger partial charge in [-0.05, 0) is 98.2 Å². The molecule has 0 aliphatic heterocycles. The highest BCUT2D eigenvalue weighted by atomic mass is 16.4. The molecule has 0 spiro atoms. The zero-order chi connectivity index (χ0) is 22.3. The van der Waals surface area contributed by atoms with Gasteiger partial charge in [-0.25, -0.2) is 0 Å². The van der Waals surface area contributed by atoms with E-state index in [9.17, 15) is 20.1 Å². The molecule has 0 amide bonds. The molecule has 4 N–H and O–H groups in total. The lowest BCUT2D eigenvalue weighted by Crippen LogP contribution is -2.51. The molecule has 0 heterocycles. The van der Waals surface area contributed by atoms with Crippen LogP contribution in [0.2, 0.25) is 0 Å². The molecule has 3 fully saturated rings. The third kappa shape index (κ3) is 4.45. The third-order valence-electron chi connectivity index (χ3n) is 10.0. The highest BCUT2D eigenvalue weighted by Gasteiger charge is 2.54. The lowest BCUT2D eigenvalue weighted by atomic mass is 9.52. The second-order valence-corrected chi connectivity index (χ2v) is 11.6. The molecule has 5 heteroatoms. The van der Waals surface area contributed by atoms with Gasteiger partial charge in [0.05, 0.1) is 18.3 Å². The Morgan fingerprint density at radius 1 is 1.07 bits per heavy atom. The highest BCUT2D eigenvalue weighted by Crippen LogP contribution is 2.58. The minimum absolute atomic E-state index is 0.0715. The van der Waals surface area contributed by atoms with Gasteiger partial charge in [0.2, 0.25) is 0 Å². The predicted molar refractivity (Wildman–Crippen MR) is 117 cm³/mol. The second-order valence-electron chi connectivity index (χ2n) is 11.6. The monoisotopic (exact) mass is 424 g/mol. The van der Waals surface area contributed by atoms with Gasteiger partial charge in [0.15, 0.2) is 0 Å². The Labute approximate surface area is 182 Å². The number of rotatable bonds is 7. The molecule has 0 saturated heterocycles. The van der Waals surface area contributed by atoms with Crippen molar-refractivity contribution >= 4 is 5.97 Å². The van der Waals surface area contributed by atoms with Gasteiger partial charge < -0.3 is 20.4 Å². The number of carbonyl (C=O) groups is 1. The van der Waals surface area contributed by atoms with Crippen LogP contribution in [0.15, 0.2) is 0 Å². The van der Waals surface area contributed by atoms with Gasteiger partial charge in [0.1, 0.15) is 0 Å². The van der Waals surface area contributed by atoms with Crippen LogP contribution in [0.5, 0.6) is 0 Å². The minimum atomic E-state index is -0.746. The molecule has 0 bridgehead atoms. The molecule has 0 radical (unpaired) electrons. The van der Waals surface area contributed by atoms with Crippen molar-refractivity contribution in [2.24, 2.45) is 40.4 Å². The molecule has 0 aromatic heterocycles. The van der Waals surface area contributed by atoms with E-state index in [-0.39, 0.29) is 41.3 Å². The Balaban J connectivity index is 1.76. The summed E-state index contributed by atoms with van der Waals surface area (Å²) in [5.74, 6) is 0.831. The van der Waals surface area contributed by atoms with Crippen molar-refractivity contribution in [2.45, 2.75) is 110 Å².